The number of anilines is 1. The molecule has 3 rings (SSSR count). The number of thiazole rings is 1. The molecule has 0 unspecified atom stereocenters. The molecule has 7 heteroatoms. The fourth-order valence-corrected chi connectivity index (χ4v) is 3.26. The van der Waals surface area contributed by atoms with Crippen molar-refractivity contribution in [3.63, 3.8) is 0 Å². The zero-order valence-electron chi connectivity index (χ0n) is 10.2. The van der Waals surface area contributed by atoms with Crippen LogP contribution in [-0.4, -0.2) is 26.7 Å². The molecular weight excluding hydrogens is 278 g/mol. The topological polar surface area (TPSA) is 63.6 Å². The molecule has 0 radical (unpaired) electrons. The fraction of sp³-hybridized carbons (Fsp3) is 0.167. The average Bonchev–Trinajstić information content (AvgIpc) is 3.08. The molecule has 3 aromatic rings. The highest BCUT2D eigenvalue weighted by Gasteiger charge is 2.11. The van der Waals surface area contributed by atoms with E-state index < -0.39 is 0 Å². The quantitative estimate of drug-likeness (QED) is 0.799. The van der Waals surface area contributed by atoms with Gasteiger partial charge in [0.25, 0.3) is 0 Å². The van der Waals surface area contributed by atoms with Crippen molar-refractivity contribution in [3.8, 4) is 20.6 Å². The lowest BCUT2D eigenvalue weighted by atomic mass is 10.4. The molecule has 0 fully saturated rings. The molecular formula is C12H11N5S2. The van der Waals surface area contributed by atoms with Gasteiger partial charge in [-0.1, -0.05) is 17.4 Å². The third-order valence-corrected chi connectivity index (χ3v) is 4.42. The molecule has 0 atom stereocenters. The number of hydrogen-bond donors (Lipinski definition) is 1. The lowest BCUT2D eigenvalue weighted by Crippen LogP contribution is -1.94. The van der Waals surface area contributed by atoms with Gasteiger partial charge in [-0.2, -0.15) is 0 Å². The summed E-state index contributed by atoms with van der Waals surface area (Å²) in [6.45, 7) is 2.88. The maximum absolute atomic E-state index is 4.39. The van der Waals surface area contributed by atoms with E-state index in [2.05, 4.69) is 25.5 Å². The Morgan fingerprint density at radius 3 is 2.84 bits per heavy atom. The molecule has 3 aromatic heterocycles. The van der Waals surface area contributed by atoms with E-state index in [1.807, 2.05) is 31.3 Å². The van der Waals surface area contributed by atoms with Crippen molar-refractivity contribution in [1.29, 1.82) is 0 Å². The van der Waals surface area contributed by atoms with E-state index in [4.69, 9.17) is 0 Å². The molecule has 0 saturated heterocycles. The van der Waals surface area contributed by atoms with Crippen LogP contribution < -0.4 is 5.32 Å². The SMILES string of the molecule is CCNc1nnc(-c2cnc(-c3ccccn3)s2)s1. The van der Waals surface area contributed by atoms with Gasteiger partial charge >= 0.3 is 0 Å². The highest BCUT2D eigenvalue weighted by molar-refractivity contribution is 7.24. The summed E-state index contributed by atoms with van der Waals surface area (Å²) < 4.78 is 0. The van der Waals surface area contributed by atoms with Crippen LogP contribution in [0.15, 0.2) is 30.6 Å². The highest BCUT2D eigenvalue weighted by atomic mass is 32.1. The number of aromatic nitrogens is 4. The Labute approximate surface area is 118 Å². The first-order chi connectivity index (χ1) is 9.36. The molecule has 96 valence electrons. The molecule has 5 nitrogen and oxygen atoms in total. The first-order valence-corrected chi connectivity index (χ1v) is 7.45. The second-order valence-corrected chi connectivity index (χ2v) is 5.70. The monoisotopic (exact) mass is 289 g/mol. The summed E-state index contributed by atoms with van der Waals surface area (Å²) in [5.41, 5.74) is 0.884. The Hall–Kier alpha value is -1.86. The van der Waals surface area contributed by atoms with E-state index >= 15 is 0 Å². The first-order valence-electron chi connectivity index (χ1n) is 5.82. The second-order valence-electron chi connectivity index (χ2n) is 3.69. The molecule has 3 heterocycles. The molecule has 0 aliphatic carbocycles. The Bertz CT molecular complexity index is 662. The van der Waals surface area contributed by atoms with Crippen molar-refractivity contribution >= 4 is 27.8 Å². The second kappa shape index (κ2) is 5.41. The van der Waals surface area contributed by atoms with Gasteiger partial charge in [0.1, 0.15) is 5.01 Å². The predicted molar refractivity (Wildman–Crippen MR) is 78.4 cm³/mol. The highest BCUT2D eigenvalue weighted by Crippen LogP contribution is 2.33. The number of rotatable bonds is 4. The van der Waals surface area contributed by atoms with Gasteiger partial charge in [0.05, 0.1) is 10.6 Å². The van der Waals surface area contributed by atoms with Crippen LogP contribution in [0.2, 0.25) is 0 Å². The molecule has 1 N–H and O–H groups in total. The summed E-state index contributed by atoms with van der Waals surface area (Å²) in [7, 11) is 0. The lowest BCUT2D eigenvalue weighted by Gasteiger charge is -1.92. The zero-order valence-corrected chi connectivity index (χ0v) is 11.8. The van der Waals surface area contributed by atoms with Gasteiger partial charge in [0.15, 0.2) is 5.01 Å². The van der Waals surface area contributed by atoms with Crippen LogP contribution in [0, 0.1) is 0 Å². The van der Waals surface area contributed by atoms with Crippen LogP contribution >= 0.6 is 22.7 Å². The van der Waals surface area contributed by atoms with Crippen molar-refractivity contribution in [3.05, 3.63) is 30.6 Å². The van der Waals surface area contributed by atoms with Crippen molar-refractivity contribution in [2.45, 2.75) is 6.92 Å². The van der Waals surface area contributed by atoms with E-state index in [1.54, 1.807) is 17.5 Å². The van der Waals surface area contributed by atoms with Crippen LogP contribution in [0.3, 0.4) is 0 Å². The van der Waals surface area contributed by atoms with Gasteiger partial charge < -0.3 is 5.32 Å². The molecule has 19 heavy (non-hydrogen) atoms. The summed E-state index contributed by atoms with van der Waals surface area (Å²) in [5, 5.41) is 14.0. The van der Waals surface area contributed by atoms with Crippen molar-refractivity contribution < 1.29 is 0 Å². The number of nitrogens with one attached hydrogen (secondary N) is 1. The van der Waals surface area contributed by atoms with Crippen molar-refractivity contribution in [2.24, 2.45) is 0 Å². The normalized spacial score (nSPS) is 10.6. The standard InChI is InChI=1S/C12H11N5S2/c1-2-13-12-17-16-11(19-12)9-7-15-10(18-9)8-5-3-4-6-14-8/h3-7H,2H2,1H3,(H,13,17). The molecule has 0 spiro atoms. The van der Waals surface area contributed by atoms with Gasteiger partial charge in [-0.15, -0.1) is 21.5 Å². The molecule has 0 aliphatic rings. The molecule has 0 aromatic carbocycles. The zero-order chi connectivity index (χ0) is 13.1. The summed E-state index contributed by atoms with van der Waals surface area (Å²) in [6, 6.07) is 5.80. The molecule has 0 bridgehead atoms. The van der Waals surface area contributed by atoms with Crippen LogP contribution in [-0.2, 0) is 0 Å². The van der Waals surface area contributed by atoms with E-state index in [0.29, 0.717) is 0 Å². The maximum Gasteiger partial charge on any atom is 0.206 e. The minimum Gasteiger partial charge on any atom is -0.360 e. The lowest BCUT2D eigenvalue weighted by molar-refractivity contribution is 1.07. The molecule has 0 amide bonds. The predicted octanol–water partition coefficient (Wildman–Crippen LogP) is 3.16. The third-order valence-electron chi connectivity index (χ3n) is 2.35. The summed E-state index contributed by atoms with van der Waals surface area (Å²) in [6.07, 6.45) is 3.59. The van der Waals surface area contributed by atoms with E-state index in [-0.39, 0.29) is 0 Å². The number of pyridine rings is 1. The molecule has 0 saturated carbocycles. The maximum atomic E-state index is 4.39. The minimum atomic E-state index is 0.838. The van der Waals surface area contributed by atoms with Gasteiger partial charge in [-0.25, -0.2) is 4.98 Å². The fourth-order valence-electron chi connectivity index (χ4n) is 1.53. The smallest absolute Gasteiger partial charge is 0.206 e. The van der Waals surface area contributed by atoms with E-state index in [9.17, 15) is 0 Å². The Morgan fingerprint density at radius 2 is 2.05 bits per heavy atom. The summed E-state index contributed by atoms with van der Waals surface area (Å²) in [5.74, 6) is 0. The van der Waals surface area contributed by atoms with Crippen LogP contribution in [0.1, 0.15) is 6.92 Å². The van der Waals surface area contributed by atoms with Crippen molar-refractivity contribution in [1.82, 2.24) is 20.2 Å². The Morgan fingerprint density at radius 1 is 1.11 bits per heavy atom. The van der Waals surface area contributed by atoms with Crippen LogP contribution in [0.5, 0.6) is 0 Å². The first kappa shape index (κ1) is 12.2. The Kier molecular flexibility index (Phi) is 3.47. The van der Waals surface area contributed by atoms with E-state index in [1.165, 1.54) is 11.3 Å². The Balaban J connectivity index is 1.88. The summed E-state index contributed by atoms with van der Waals surface area (Å²) in [4.78, 5) is 9.70. The number of hydrogen-bond acceptors (Lipinski definition) is 7. The van der Waals surface area contributed by atoms with Gasteiger partial charge in [-0.05, 0) is 19.1 Å². The third kappa shape index (κ3) is 2.61. The van der Waals surface area contributed by atoms with Crippen LogP contribution in [0.25, 0.3) is 20.6 Å². The van der Waals surface area contributed by atoms with Gasteiger partial charge in [0, 0.05) is 18.9 Å². The molecule has 0 aliphatic heterocycles. The van der Waals surface area contributed by atoms with Gasteiger partial charge in [0.2, 0.25) is 5.13 Å². The number of nitrogens with zero attached hydrogens (tertiary/aromatic N) is 4. The van der Waals surface area contributed by atoms with Crippen LogP contribution in [0.4, 0.5) is 5.13 Å². The van der Waals surface area contributed by atoms with Crippen molar-refractivity contribution in [2.75, 3.05) is 11.9 Å². The van der Waals surface area contributed by atoms with E-state index in [0.717, 1.165) is 32.3 Å². The minimum absolute atomic E-state index is 0.838. The largest absolute Gasteiger partial charge is 0.360 e. The summed E-state index contributed by atoms with van der Waals surface area (Å²) >= 11 is 3.11. The van der Waals surface area contributed by atoms with Gasteiger partial charge in [-0.3, -0.25) is 4.98 Å². The average molecular weight is 289 g/mol.